The highest BCUT2D eigenvalue weighted by Gasteiger charge is 2.04. The molecule has 54 valence electrons. The second-order valence-electron chi connectivity index (χ2n) is 1.85. The number of alkyl halides is 1. The molecule has 0 aromatic heterocycles. The van der Waals surface area contributed by atoms with Crippen molar-refractivity contribution in [3.8, 4) is 0 Å². The van der Waals surface area contributed by atoms with E-state index in [0.717, 1.165) is 6.07 Å². The lowest BCUT2D eigenvalue weighted by atomic mass is 10.2. The third-order valence-corrected chi connectivity index (χ3v) is 2.00. The van der Waals surface area contributed by atoms with Crippen molar-refractivity contribution in [3.05, 3.63) is 35.4 Å². The van der Waals surface area contributed by atoms with Gasteiger partial charge in [0.05, 0.1) is 0 Å². The monoisotopic (exact) mass is 254 g/mol. The Bertz CT molecular complexity index is 235. The molecule has 0 radical (unpaired) electrons. The van der Waals surface area contributed by atoms with Gasteiger partial charge in [-0.1, -0.05) is 34.7 Å². The second-order valence-corrected chi connectivity index (χ2v) is 2.61. The average molecular weight is 254 g/mol. The van der Waals surface area contributed by atoms with E-state index in [1.165, 1.54) is 6.07 Å². The molecule has 0 unspecified atom stereocenters. The van der Waals surface area contributed by atoms with Crippen LogP contribution in [0.25, 0.3) is 0 Å². The molecule has 0 N–H and O–H groups in total. The molecule has 0 bridgehead atoms. The molecule has 0 saturated carbocycles. The van der Waals surface area contributed by atoms with Crippen LogP contribution in [-0.2, 0) is 4.43 Å². The Morgan fingerprint density at radius 3 is 2.50 bits per heavy atom. The van der Waals surface area contributed by atoms with Gasteiger partial charge in [-0.05, 0) is 6.07 Å². The third-order valence-electron chi connectivity index (χ3n) is 1.18. The van der Waals surface area contributed by atoms with Gasteiger partial charge in [0, 0.05) is 9.99 Å². The lowest BCUT2D eigenvalue weighted by Gasteiger charge is -1.96. The minimum Gasteiger partial charge on any atom is -0.204 e. The van der Waals surface area contributed by atoms with Gasteiger partial charge >= 0.3 is 0 Å². The van der Waals surface area contributed by atoms with Gasteiger partial charge < -0.3 is 0 Å². The molecule has 1 aromatic carbocycles. The minimum absolute atomic E-state index is 0.417. The molecule has 0 saturated heterocycles. The fraction of sp³-hybridized carbons (Fsp3) is 0.143. The molecule has 0 spiro atoms. The summed E-state index contributed by atoms with van der Waals surface area (Å²) in [7, 11) is 0. The van der Waals surface area contributed by atoms with Gasteiger partial charge in [0.25, 0.3) is 0 Å². The van der Waals surface area contributed by atoms with Crippen LogP contribution in [0, 0.1) is 11.6 Å². The fourth-order valence-electron chi connectivity index (χ4n) is 0.652. The van der Waals surface area contributed by atoms with Crippen molar-refractivity contribution < 1.29 is 8.78 Å². The van der Waals surface area contributed by atoms with Gasteiger partial charge in [-0.25, -0.2) is 8.78 Å². The highest BCUT2D eigenvalue weighted by Crippen LogP contribution is 2.13. The lowest BCUT2D eigenvalue weighted by molar-refractivity contribution is 0.503. The Balaban J connectivity index is 3.14. The number of rotatable bonds is 1. The first-order chi connectivity index (χ1) is 4.75. The maximum absolute atomic E-state index is 12.6. The SMILES string of the molecule is Fc1cccc(CI)c1F. The van der Waals surface area contributed by atoms with Gasteiger partial charge in [0.1, 0.15) is 0 Å². The van der Waals surface area contributed by atoms with Crippen LogP contribution in [0.3, 0.4) is 0 Å². The number of benzene rings is 1. The van der Waals surface area contributed by atoms with Crippen molar-refractivity contribution in [2.24, 2.45) is 0 Å². The van der Waals surface area contributed by atoms with Crippen molar-refractivity contribution in [1.82, 2.24) is 0 Å². The van der Waals surface area contributed by atoms with Gasteiger partial charge in [0.15, 0.2) is 11.6 Å². The maximum atomic E-state index is 12.6. The van der Waals surface area contributed by atoms with E-state index < -0.39 is 11.6 Å². The molecule has 1 aromatic rings. The Hall–Kier alpha value is -0.190. The van der Waals surface area contributed by atoms with Crippen molar-refractivity contribution >= 4 is 22.6 Å². The molecule has 0 amide bonds. The van der Waals surface area contributed by atoms with Crippen molar-refractivity contribution in [3.63, 3.8) is 0 Å². The van der Waals surface area contributed by atoms with Crippen LogP contribution in [-0.4, -0.2) is 0 Å². The molecule has 10 heavy (non-hydrogen) atoms. The first kappa shape index (κ1) is 7.91. The van der Waals surface area contributed by atoms with Crippen LogP contribution in [0.1, 0.15) is 5.56 Å². The average Bonchev–Trinajstić information content (AvgIpc) is 1.95. The quantitative estimate of drug-likeness (QED) is 0.534. The van der Waals surface area contributed by atoms with E-state index >= 15 is 0 Å². The molecule has 0 nitrogen and oxygen atoms in total. The van der Waals surface area contributed by atoms with E-state index in [-0.39, 0.29) is 0 Å². The summed E-state index contributed by atoms with van der Waals surface area (Å²) in [5.74, 6) is -1.49. The molecule has 0 aliphatic heterocycles. The van der Waals surface area contributed by atoms with Gasteiger partial charge in [-0.2, -0.15) is 0 Å². The molecular formula is C7H5F2I. The van der Waals surface area contributed by atoms with E-state index in [1.54, 1.807) is 6.07 Å². The van der Waals surface area contributed by atoms with Crippen LogP contribution in [0.15, 0.2) is 18.2 Å². The topological polar surface area (TPSA) is 0 Å². The fourth-order valence-corrected chi connectivity index (χ4v) is 1.24. The third kappa shape index (κ3) is 1.45. The van der Waals surface area contributed by atoms with Gasteiger partial charge in [-0.15, -0.1) is 0 Å². The molecule has 0 aliphatic carbocycles. The van der Waals surface area contributed by atoms with Crippen LogP contribution in [0.2, 0.25) is 0 Å². The van der Waals surface area contributed by atoms with Crippen LogP contribution in [0.4, 0.5) is 8.78 Å². The Morgan fingerprint density at radius 2 is 2.00 bits per heavy atom. The number of halogens is 3. The lowest BCUT2D eigenvalue weighted by Crippen LogP contribution is -1.89. The molecule has 1 rings (SSSR count). The van der Waals surface area contributed by atoms with Crippen LogP contribution in [0.5, 0.6) is 0 Å². The summed E-state index contributed by atoms with van der Waals surface area (Å²) in [4.78, 5) is 0. The first-order valence-electron chi connectivity index (χ1n) is 2.74. The van der Waals surface area contributed by atoms with E-state index in [2.05, 4.69) is 0 Å². The molecule has 0 aliphatic rings. The highest BCUT2D eigenvalue weighted by molar-refractivity contribution is 14.1. The standard InChI is InChI=1S/C7H5F2I/c8-6-3-1-2-5(4-10)7(6)9/h1-3H,4H2. The number of hydrogen-bond donors (Lipinski definition) is 0. The molecule has 0 atom stereocenters. The summed E-state index contributed by atoms with van der Waals surface area (Å²) >= 11 is 1.99. The zero-order chi connectivity index (χ0) is 7.56. The maximum Gasteiger partial charge on any atom is 0.162 e. The van der Waals surface area contributed by atoms with E-state index in [4.69, 9.17) is 0 Å². The summed E-state index contributed by atoms with van der Waals surface area (Å²) in [6.07, 6.45) is 0. The molecule has 0 heterocycles. The molecular weight excluding hydrogens is 249 g/mol. The summed E-state index contributed by atoms with van der Waals surface area (Å²) in [6.45, 7) is 0. The Labute approximate surface area is 71.4 Å². The normalized spacial score (nSPS) is 9.90. The predicted octanol–water partition coefficient (Wildman–Crippen LogP) is 2.90. The van der Waals surface area contributed by atoms with E-state index in [0.29, 0.717) is 9.99 Å². The van der Waals surface area contributed by atoms with Gasteiger partial charge in [-0.3, -0.25) is 0 Å². The van der Waals surface area contributed by atoms with Crippen LogP contribution >= 0.6 is 22.6 Å². The van der Waals surface area contributed by atoms with Crippen molar-refractivity contribution in [2.45, 2.75) is 4.43 Å². The predicted molar refractivity (Wildman–Crippen MR) is 44.1 cm³/mol. The number of hydrogen-bond acceptors (Lipinski definition) is 0. The van der Waals surface area contributed by atoms with E-state index in [9.17, 15) is 8.78 Å². The highest BCUT2D eigenvalue weighted by atomic mass is 127. The summed E-state index contributed by atoms with van der Waals surface area (Å²) in [5.41, 5.74) is 0.417. The smallest absolute Gasteiger partial charge is 0.162 e. The minimum atomic E-state index is -0.769. The van der Waals surface area contributed by atoms with Crippen molar-refractivity contribution in [1.29, 1.82) is 0 Å². The summed E-state index contributed by atoms with van der Waals surface area (Å²) < 4.78 is 25.5. The zero-order valence-electron chi connectivity index (χ0n) is 5.07. The summed E-state index contributed by atoms with van der Waals surface area (Å²) in [5, 5.41) is 0. The van der Waals surface area contributed by atoms with Gasteiger partial charge in [0.2, 0.25) is 0 Å². The largest absolute Gasteiger partial charge is 0.204 e. The second kappa shape index (κ2) is 3.27. The Morgan fingerprint density at radius 1 is 1.30 bits per heavy atom. The Kier molecular flexibility index (Phi) is 2.59. The zero-order valence-corrected chi connectivity index (χ0v) is 7.23. The first-order valence-corrected chi connectivity index (χ1v) is 4.27. The van der Waals surface area contributed by atoms with E-state index in [1.807, 2.05) is 22.6 Å². The van der Waals surface area contributed by atoms with Crippen LogP contribution < -0.4 is 0 Å². The molecule has 0 fully saturated rings. The summed E-state index contributed by atoms with van der Waals surface area (Å²) in [6, 6.07) is 4.20. The van der Waals surface area contributed by atoms with Crippen molar-refractivity contribution in [2.75, 3.05) is 0 Å². The molecule has 3 heteroatoms.